The minimum absolute atomic E-state index is 0.401. The maximum absolute atomic E-state index is 10.6. The third-order valence-electron chi connectivity index (χ3n) is 4.65. The standard InChI is InChI=1S/C13H20N2O2/c1-15-12(11(17-2)7-14-15)13(16)10-6-8-3-4-9(10)5-8/h7-10,13,16H,3-6H2,1-2H3. The lowest BCUT2D eigenvalue weighted by Gasteiger charge is -2.27. The molecule has 94 valence electrons. The number of rotatable bonds is 3. The first-order valence-electron chi connectivity index (χ1n) is 6.44. The predicted molar refractivity (Wildman–Crippen MR) is 63.7 cm³/mol. The molecule has 2 saturated carbocycles. The average Bonchev–Trinajstić information content (AvgIpc) is 3.01. The van der Waals surface area contributed by atoms with Crippen LogP contribution in [-0.4, -0.2) is 22.0 Å². The Morgan fingerprint density at radius 3 is 2.88 bits per heavy atom. The summed E-state index contributed by atoms with van der Waals surface area (Å²) in [6.07, 6.45) is 6.38. The molecule has 4 atom stereocenters. The van der Waals surface area contributed by atoms with E-state index < -0.39 is 6.10 Å². The SMILES string of the molecule is COc1cnn(C)c1C(O)C1CC2CCC1C2. The van der Waals surface area contributed by atoms with Crippen molar-refractivity contribution in [3.63, 3.8) is 0 Å². The van der Waals surface area contributed by atoms with Crippen LogP contribution >= 0.6 is 0 Å². The molecule has 1 aromatic heterocycles. The van der Waals surface area contributed by atoms with Crippen molar-refractivity contribution in [2.45, 2.75) is 31.8 Å². The quantitative estimate of drug-likeness (QED) is 0.872. The molecule has 1 aromatic rings. The van der Waals surface area contributed by atoms with Crippen LogP contribution in [0.3, 0.4) is 0 Å². The highest BCUT2D eigenvalue weighted by molar-refractivity contribution is 5.28. The van der Waals surface area contributed by atoms with Crippen LogP contribution in [0.1, 0.15) is 37.5 Å². The number of nitrogens with zero attached hydrogens (tertiary/aromatic N) is 2. The summed E-state index contributed by atoms with van der Waals surface area (Å²) in [6.45, 7) is 0. The zero-order chi connectivity index (χ0) is 12.0. The number of ether oxygens (including phenoxy) is 1. The van der Waals surface area contributed by atoms with Gasteiger partial charge in [0.25, 0.3) is 0 Å². The molecule has 4 heteroatoms. The van der Waals surface area contributed by atoms with Crippen LogP contribution in [0.2, 0.25) is 0 Å². The summed E-state index contributed by atoms with van der Waals surface area (Å²) in [7, 11) is 3.50. The van der Waals surface area contributed by atoms with E-state index in [2.05, 4.69) is 5.10 Å². The van der Waals surface area contributed by atoms with E-state index in [0.29, 0.717) is 17.6 Å². The van der Waals surface area contributed by atoms with Gasteiger partial charge in [0.1, 0.15) is 11.8 Å². The van der Waals surface area contributed by atoms with Crippen LogP contribution in [0.5, 0.6) is 5.75 Å². The van der Waals surface area contributed by atoms with Gasteiger partial charge >= 0.3 is 0 Å². The van der Waals surface area contributed by atoms with Crippen molar-refractivity contribution in [1.29, 1.82) is 0 Å². The van der Waals surface area contributed by atoms with E-state index in [0.717, 1.165) is 11.6 Å². The topological polar surface area (TPSA) is 47.3 Å². The van der Waals surface area contributed by atoms with E-state index in [1.54, 1.807) is 18.0 Å². The van der Waals surface area contributed by atoms with Crippen LogP contribution < -0.4 is 4.74 Å². The molecule has 2 aliphatic carbocycles. The molecule has 1 heterocycles. The summed E-state index contributed by atoms with van der Waals surface area (Å²) in [6, 6.07) is 0. The van der Waals surface area contributed by atoms with Gasteiger partial charge in [-0.2, -0.15) is 5.10 Å². The second-order valence-electron chi connectivity index (χ2n) is 5.51. The van der Waals surface area contributed by atoms with Crippen molar-refractivity contribution in [3.8, 4) is 5.75 Å². The number of methoxy groups -OCH3 is 1. The molecule has 2 fully saturated rings. The Morgan fingerprint density at radius 2 is 2.29 bits per heavy atom. The Bertz CT molecular complexity index is 416. The number of fused-ring (bicyclic) bond motifs is 2. The molecule has 0 aromatic carbocycles. The van der Waals surface area contributed by atoms with Crippen LogP contribution in [-0.2, 0) is 7.05 Å². The Balaban J connectivity index is 1.86. The maximum atomic E-state index is 10.6. The van der Waals surface area contributed by atoms with Gasteiger partial charge in [-0.3, -0.25) is 4.68 Å². The van der Waals surface area contributed by atoms with Gasteiger partial charge in [0.15, 0.2) is 5.75 Å². The summed E-state index contributed by atoms with van der Waals surface area (Å²) in [5.74, 6) is 2.66. The minimum atomic E-state index is -0.423. The molecule has 0 amide bonds. The number of aromatic nitrogens is 2. The predicted octanol–water partition coefficient (Wildman–Crippen LogP) is 1.90. The first kappa shape index (κ1) is 11.1. The highest BCUT2D eigenvalue weighted by Gasteiger charge is 2.44. The first-order valence-corrected chi connectivity index (χ1v) is 6.44. The lowest BCUT2D eigenvalue weighted by atomic mass is 9.83. The number of aliphatic hydroxyl groups is 1. The molecule has 4 unspecified atom stereocenters. The Morgan fingerprint density at radius 1 is 1.47 bits per heavy atom. The summed E-state index contributed by atoms with van der Waals surface area (Å²) in [4.78, 5) is 0. The van der Waals surface area contributed by atoms with Crippen molar-refractivity contribution < 1.29 is 9.84 Å². The monoisotopic (exact) mass is 236 g/mol. The van der Waals surface area contributed by atoms with Gasteiger partial charge in [-0.05, 0) is 37.0 Å². The second-order valence-corrected chi connectivity index (χ2v) is 5.51. The van der Waals surface area contributed by atoms with Gasteiger partial charge in [0.2, 0.25) is 0 Å². The summed E-state index contributed by atoms with van der Waals surface area (Å²) in [5.41, 5.74) is 0.838. The molecule has 0 spiro atoms. The highest BCUT2D eigenvalue weighted by Crippen LogP contribution is 2.53. The first-order chi connectivity index (χ1) is 8.20. The van der Waals surface area contributed by atoms with Crippen molar-refractivity contribution >= 4 is 0 Å². The van der Waals surface area contributed by atoms with Crippen LogP contribution in [0.25, 0.3) is 0 Å². The largest absolute Gasteiger partial charge is 0.493 e. The molecule has 0 aliphatic heterocycles. The van der Waals surface area contributed by atoms with Gasteiger partial charge in [-0.15, -0.1) is 0 Å². The van der Waals surface area contributed by atoms with Gasteiger partial charge in [0, 0.05) is 7.05 Å². The minimum Gasteiger partial charge on any atom is -0.493 e. The van der Waals surface area contributed by atoms with Gasteiger partial charge < -0.3 is 9.84 Å². The lowest BCUT2D eigenvalue weighted by molar-refractivity contribution is 0.0655. The molecule has 0 radical (unpaired) electrons. The Kier molecular flexibility index (Phi) is 2.62. The fourth-order valence-electron chi connectivity index (χ4n) is 3.80. The van der Waals surface area contributed by atoms with Crippen molar-refractivity contribution in [2.24, 2.45) is 24.8 Å². The normalized spacial score (nSPS) is 33.0. The van der Waals surface area contributed by atoms with Crippen LogP contribution in [0.4, 0.5) is 0 Å². The zero-order valence-electron chi connectivity index (χ0n) is 10.5. The highest BCUT2D eigenvalue weighted by atomic mass is 16.5. The number of aryl methyl sites for hydroxylation is 1. The Labute approximate surface area is 102 Å². The second kappa shape index (κ2) is 4.02. The molecular formula is C13H20N2O2. The number of hydrogen-bond acceptors (Lipinski definition) is 3. The molecule has 2 aliphatic rings. The van der Waals surface area contributed by atoms with Crippen LogP contribution in [0.15, 0.2) is 6.20 Å². The molecule has 17 heavy (non-hydrogen) atoms. The summed E-state index contributed by atoms with van der Waals surface area (Å²) >= 11 is 0. The third-order valence-corrected chi connectivity index (χ3v) is 4.65. The average molecular weight is 236 g/mol. The molecule has 4 nitrogen and oxygen atoms in total. The van der Waals surface area contributed by atoms with Crippen molar-refractivity contribution in [1.82, 2.24) is 9.78 Å². The van der Waals surface area contributed by atoms with E-state index in [4.69, 9.17) is 4.74 Å². The van der Waals surface area contributed by atoms with Gasteiger partial charge in [-0.25, -0.2) is 0 Å². The smallest absolute Gasteiger partial charge is 0.162 e. The molecular weight excluding hydrogens is 216 g/mol. The number of aliphatic hydroxyl groups excluding tert-OH is 1. The van der Waals surface area contributed by atoms with E-state index >= 15 is 0 Å². The van der Waals surface area contributed by atoms with Crippen molar-refractivity contribution in [3.05, 3.63) is 11.9 Å². The molecule has 0 saturated heterocycles. The molecule has 1 N–H and O–H groups in total. The summed E-state index contributed by atoms with van der Waals surface area (Å²) in [5, 5.41) is 14.8. The Hall–Kier alpha value is -1.03. The third kappa shape index (κ3) is 1.66. The van der Waals surface area contributed by atoms with Crippen molar-refractivity contribution in [2.75, 3.05) is 7.11 Å². The van der Waals surface area contributed by atoms with E-state index in [1.807, 2.05) is 7.05 Å². The summed E-state index contributed by atoms with van der Waals surface area (Å²) < 4.78 is 7.03. The molecule has 2 bridgehead atoms. The maximum Gasteiger partial charge on any atom is 0.162 e. The van der Waals surface area contributed by atoms with E-state index in [1.165, 1.54) is 25.7 Å². The fourth-order valence-corrected chi connectivity index (χ4v) is 3.80. The number of hydrogen-bond donors (Lipinski definition) is 1. The molecule has 3 rings (SSSR count). The zero-order valence-corrected chi connectivity index (χ0v) is 10.5. The van der Waals surface area contributed by atoms with E-state index in [-0.39, 0.29) is 0 Å². The lowest BCUT2D eigenvalue weighted by Crippen LogP contribution is -2.21. The van der Waals surface area contributed by atoms with Crippen LogP contribution in [0, 0.1) is 17.8 Å². The fraction of sp³-hybridized carbons (Fsp3) is 0.769. The van der Waals surface area contributed by atoms with Gasteiger partial charge in [0.05, 0.1) is 13.3 Å². The van der Waals surface area contributed by atoms with E-state index in [9.17, 15) is 5.11 Å². The van der Waals surface area contributed by atoms with Gasteiger partial charge in [-0.1, -0.05) is 6.42 Å².